The summed E-state index contributed by atoms with van der Waals surface area (Å²) in [4.78, 5) is 16.7. The van der Waals surface area contributed by atoms with Crippen molar-refractivity contribution >= 4 is 6.03 Å². The van der Waals surface area contributed by atoms with Gasteiger partial charge in [0.2, 0.25) is 0 Å². The van der Waals surface area contributed by atoms with Crippen molar-refractivity contribution in [3.05, 3.63) is 78.7 Å². The molecule has 0 bridgehead atoms. The average molecular weight is 336 g/mol. The van der Waals surface area contributed by atoms with Crippen molar-refractivity contribution in [1.29, 1.82) is 0 Å². The highest BCUT2D eigenvalue weighted by Crippen LogP contribution is 2.09. The number of nitrogens with zero attached hydrogens (tertiary/aromatic N) is 2. The second kappa shape index (κ2) is 8.67. The van der Waals surface area contributed by atoms with Gasteiger partial charge in [-0.05, 0) is 24.5 Å². The number of amides is 2. The third-order valence-electron chi connectivity index (χ3n) is 4.56. The summed E-state index contributed by atoms with van der Waals surface area (Å²) in [5.41, 5.74) is 2.51. The molecule has 3 rings (SSSR count). The maximum Gasteiger partial charge on any atom is 0.317 e. The molecule has 2 aromatic rings. The Morgan fingerprint density at radius 3 is 2.08 bits per heavy atom. The van der Waals surface area contributed by atoms with Crippen molar-refractivity contribution < 1.29 is 4.79 Å². The number of hydrogen-bond acceptors (Lipinski definition) is 2. The summed E-state index contributed by atoms with van der Waals surface area (Å²) in [7, 11) is 0. The molecular formula is C21H26N3O. The highest BCUT2D eigenvalue weighted by molar-refractivity contribution is 5.74. The van der Waals surface area contributed by atoms with Gasteiger partial charge in [-0.25, -0.2) is 4.79 Å². The molecule has 1 aliphatic heterocycles. The van der Waals surface area contributed by atoms with E-state index in [0.717, 1.165) is 39.1 Å². The summed E-state index contributed by atoms with van der Waals surface area (Å²) in [6.07, 6.45) is 0.751. The van der Waals surface area contributed by atoms with Crippen LogP contribution in [0, 0.1) is 6.92 Å². The predicted molar refractivity (Wildman–Crippen MR) is 101 cm³/mol. The zero-order chi connectivity index (χ0) is 17.5. The molecule has 0 aliphatic carbocycles. The molecule has 1 fully saturated rings. The summed E-state index contributed by atoms with van der Waals surface area (Å²) in [6, 6.07) is 20.5. The van der Waals surface area contributed by atoms with E-state index in [1.54, 1.807) is 0 Å². The van der Waals surface area contributed by atoms with Gasteiger partial charge in [0.25, 0.3) is 0 Å². The summed E-state index contributed by atoms with van der Waals surface area (Å²) >= 11 is 0. The van der Waals surface area contributed by atoms with Gasteiger partial charge in [-0.15, -0.1) is 0 Å². The summed E-state index contributed by atoms with van der Waals surface area (Å²) < 4.78 is 0. The lowest BCUT2D eigenvalue weighted by Gasteiger charge is -2.35. The third-order valence-corrected chi connectivity index (χ3v) is 4.56. The summed E-state index contributed by atoms with van der Waals surface area (Å²) in [6.45, 7) is 8.35. The zero-order valence-corrected chi connectivity index (χ0v) is 14.6. The van der Waals surface area contributed by atoms with Crippen LogP contribution < -0.4 is 5.32 Å². The smallest absolute Gasteiger partial charge is 0.317 e. The van der Waals surface area contributed by atoms with Crippen LogP contribution in [-0.2, 0) is 13.0 Å². The van der Waals surface area contributed by atoms with Gasteiger partial charge in [0.1, 0.15) is 0 Å². The molecule has 1 atom stereocenters. The monoisotopic (exact) mass is 336 g/mol. The summed E-state index contributed by atoms with van der Waals surface area (Å²) in [5, 5.41) is 3.02. The van der Waals surface area contributed by atoms with Gasteiger partial charge in [0.05, 0.1) is 0 Å². The number of hydrogen-bond donors (Lipinski definition) is 1. The Morgan fingerprint density at radius 1 is 0.920 bits per heavy atom. The highest BCUT2D eigenvalue weighted by Gasteiger charge is 2.22. The van der Waals surface area contributed by atoms with Gasteiger partial charge in [-0.3, -0.25) is 4.90 Å². The Balaban J connectivity index is 1.42. The number of carbonyl (C=O) groups excluding carboxylic acids is 1. The first kappa shape index (κ1) is 17.5. The molecule has 1 saturated heterocycles. The standard InChI is InChI=1S/C21H26N3O/c1-18(16-19-8-4-2-5-9-19)22-21(25)24-14-12-23(13-15-24)17-20-10-6-3-7-11-20/h2-11,18H,1,12-17H2,(H,22,25)/t18-/m0/s1. The van der Waals surface area contributed by atoms with E-state index in [-0.39, 0.29) is 12.1 Å². The van der Waals surface area contributed by atoms with Gasteiger partial charge in [-0.1, -0.05) is 60.7 Å². The average Bonchev–Trinajstić information content (AvgIpc) is 2.64. The number of benzene rings is 2. The maximum absolute atomic E-state index is 12.4. The molecule has 1 N–H and O–H groups in total. The van der Waals surface area contributed by atoms with E-state index in [1.165, 1.54) is 11.1 Å². The Kier molecular flexibility index (Phi) is 6.07. The lowest BCUT2D eigenvalue weighted by molar-refractivity contribution is 0.134. The van der Waals surface area contributed by atoms with E-state index in [1.807, 2.05) is 29.2 Å². The summed E-state index contributed by atoms with van der Waals surface area (Å²) in [5.74, 6) is 0. The van der Waals surface area contributed by atoms with E-state index < -0.39 is 0 Å². The van der Waals surface area contributed by atoms with Gasteiger partial charge >= 0.3 is 6.03 Å². The minimum atomic E-state index is -0.114. The normalized spacial score (nSPS) is 16.4. The number of carbonyl (C=O) groups is 1. The van der Waals surface area contributed by atoms with Crippen LogP contribution in [0.5, 0.6) is 0 Å². The van der Waals surface area contributed by atoms with E-state index >= 15 is 0 Å². The van der Waals surface area contributed by atoms with E-state index in [9.17, 15) is 4.79 Å². The minimum Gasteiger partial charge on any atom is -0.335 e. The second-order valence-corrected chi connectivity index (χ2v) is 6.58. The first-order valence-corrected chi connectivity index (χ1v) is 8.89. The van der Waals surface area contributed by atoms with Gasteiger partial charge in [0.15, 0.2) is 0 Å². The van der Waals surface area contributed by atoms with E-state index in [0.29, 0.717) is 0 Å². The van der Waals surface area contributed by atoms with Crippen LogP contribution in [0.15, 0.2) is 60.7 Å². The predicted octanol–water partition coefficient (Wildman–Crippen LogP) is 2.96. The molecule has 0 aromatic heterocycles. The molecule has 4 nitrogen and oxygen atoms in total. The van der Waals surface area contributed by atoms with Crippen molar-refractivity contribution in [1.82, 2.24) is 15.1 Å². The fraction of sp³-hybridized carbons (Fsp3) is 0.333. The van der Waals surface area contributed by atoms with E-state index in [2.05, 4.69) is 53.5 Å². The third kappa shape index (κ3) is 5.33. The molecule has 0 spiro atoms. The number of piperazine rings is 1. The number of urea groups is 1. The second-order valence-electron chi connectivity index (χ2n) is 6.58. The van der Waals surface area contributed by atoms with Crippen LogP contribution >= 0.6 is 0 Å². The number of rotatable bonds is 5. The van der Waals surface area contributed by atoms with Gasteiger partial charge < -0.3 is 10.2 Å². The van der Waals surface area contributed by atoms with Crippen LogP contribution in [0.4, 0.5) is 4.79 Å². The van der Waals surface area contributed by atoms with Crippen LogP contribution in [-0.4, -0.2) is 48.1 Å². The lowest BCUT2D eigenvalue weighted by atomic mass is 10.1. The van der Waals surface area contributed by atoms with Crippen LogP contribution in [0.2, 0.25) is 0 Å². The fourth-order valence-electron chi connectivity index (χ4n) is 3.17. The van der Waals surface area contributed by atoms with E-state index in [4.69, 9.17) is 0 Å². The fourth-order valence-corrected chi connectivity index (χ4v) is 3.17. The van der Waals surface area contributed by atoms with Crippen molar-refractivity contribution in [2.24, 2.45) is 0 Å². The largest absolute Gasteiger partial charge is 0.335 e. The molecule has 4 heteroatoms. The Morgan fingerprint density at radius 2 is 1.48 bits per heavy atom. The SMILES string of the molecule is [CH2][C@@H](Cc1ccccc1)NC(=O)N1CCN(Cc2ccccc2)CC1. The number of nitrogens with one attached hydrogen (secondary N) is 1. The molecule has 2 aromatic carbocycles. The van der Waals surface area contributed by atoms with Crippen molar-refractivity contribution in [2.45, 2.75) is 19.0 Å². The minimum absolute atomic E-state index is 0.00436. The molecule has 2 amide bonds. The highest BCUT2D eigenvalue weighted by atomic mass is 16.2. The van der Waals surface area contributed by atoms with Crippen LogP contribution in [0.25, 0.3) is 0 Å². The Bertz CT molecular complexity index is 651. The molecule has 1 aliphatic rings. The molecule has 1 heterocycles. The quantitative estimate of drug-likeness (QED) is 0.911. The molecule has 131 valence electrons. The zero-order valence-electron chi connectivity index (χ0n) is 14.6. The molecule has 0 saturated carbocycles. The van der Waals surface area contributed by atoms with Crippen LogP contribution in [0.1, 0.15) is 11.1 Å². The van der Waals surface area contributed by atoms with Crippen molar-refractivity contribution in [3.63, 3.8) is 0 Å². The molecule has 0 unspecified atom stereocenters. The molecule has 1 radical (unpaired) electrons. The Hall–Kier alpha value is -2.33. The first-order valence-electron chi connectivity index (χ1n) is 8.89. The maximum atomic E-state index is 12.4. The first-order chi connectivity index (χ1) is 12.2. The molecule has 25 heavy (non-hydrogen) atoms. The van der Waals surface area contributed by atoms with Gasteiger partial charge in [0, 0.05) is 38.8 Å². The van der Waals surface area contributed by atoms with Crippen molar-refractivity contribution in [2.75, 3.05) is 26.2 Å². The van der Waals surface area contributed by atoms with Gasteiger partial charge in [-0.2, -0.15) is 0 Å². The Labute approximate surface area is 150 Å². The lowest BCUT2D eigenvalue weighted by Crippen LogP contribution is -2.53. The van der Waals surface area contributed by atoms with Crippen molar-refractivity contribution in [3.8, 4) is 0 Å². The van der Waals surface area contributed by atoms with Crippen LogP contribution in [0.3, 0.4) is 0 Å². The molecular weight excluding hydrogens is 310 g/mol. The topological polar surface area (TPSA) is 35.6 Å².